The summed E-state index contributed by atoms with van der Waals surface area (Å²) in [7, 11) is 0. The highest BCUT2D eigenvalue weighted by atomic mass is 79.9. The Morgan fingerprint density at radius 2 is 1.94 bits per heavy atom. The lowest BCUT2D eigenvalue weighted by Gasteiger charge is -2.36. The van der Waals surface area contributed by atoms with Gasteiger partial charge >= 0.3 is 5.97 Å². The summed E-state index contributed by atoms with van der Waals surface area (Å²) < 4.78 is 0.711. The van der Waals surface area contributed by atoms with Crippen molar-refractivity contribution in [2.75, 3.05) is 11.9 Å². The lowest BCUT2D eigenvalue weighted by Crippen LogP contribution is -2.53. The van der Waals surface area contributed by atoms with Gasteiger partial charge in [-0.1, -0.05) is 15.9 Å². The molecule has 2 saturated heterocycles. The van der Waals surface area contributed by atoms with Crippen LogP contribution in [0.4, 0.5) is 11.4 Å². The number of non-ortho nitro benzene ring substituents is 1. The van der Waals surface area contributed by atoms with E-state index < -0.39 is 46.0 Å². The van der Waals surface area contributed by atoms with Crippen LogP contribution in [0.15, 0.2) is 46.9 Å². The third-order valence-electron chi connectivity index (χ3n) is 6.89. The molecule has 5 rings (SSSR count). The molecule has 164 valence electrons. The normalized spacial score (nSPS) is 28.4. The Labute approximate surface area is 190 Å². The number of Topliss-reactive ketones (excluding diaryl/α,β-unsaturated/α-hetero) is 1. The first-order valence-corrected chi connectivity index (χ1v) is 11.0. The molecule has 0 bridgehead atoms. The predicted octanol–water partition coefficient (Wildman–Crippen LogP) is 3.18. The highest BCUT2D eigenvalue weighted by Crippen LogP contribution is 2.58. The van der Waals surface area contributed by atoms with Crippen LogP contribution < -0.4 is 5.32 Å². The van der Waals surface area contributed by atoms with Crippen LogP contribution in [0.2, 0.25) is 0 Å². The molecule has 10 heteroatoms. The van der Waals surface area contributed by atoms with Gasteiger partial charge in [-0.15, -0.1) is 0 Å². The minimum absolute atomic E-state index is 0.142. The van der Waals surface area contributed by atoms with Crippen LogP contribution in [0.5, 0.6) is 0 Å². The van der Waals surface area contributed by atoms with Gasteiger partial charge in [0.2, 0.25) is 5.91 Å². The van der Waals surface area contributed by atoms with Crippen LogP contribution in [-0.2, 0) is 15.1 Å². The van der Waals surface area contributed by atoms with Crippen molar-refractivity contribution in [3.8, 4) is 0 Å². The second-order valence-electron chi connectivity index (χ2n) is 8.32. The van der Waals surface area contributed by atoms with Crippen LogP contribution in [0, 0.1) is 22.0 Å². The minimum Gasteiger partial charge on any atom is -0.481 e. The van der Waals surface area contributed by atoms with E-state index in [1.807, 2.05) is 4.90 Å². The molecule has 2 fully saturated rings. The minimum atomic E-state index is -1.46. The Bertz CT molecular complexity index is 1180. The van der Waals surface area contributed by atoms with E-state index in [0.29, 0.717) is 28.7 Å². The number of fused-ring (bicyclic) bond motifs is 4. The molecule has 3 aliphatic rings. The topological polar surface area (TPSA) is 130 Å². The number of nitrogens with one attached hydrogen (secondary N) is 1. The Hall–Kier alpha value is -3.11. The van der Waals surface area contributed by atoms with E-state index in [-0.39, 0.29) is 11.3 Å². The Kier molecular flexibility index (Phi) is 4.68. The van der Waals surface area contributed by atoms with E-state index in [9.17, 15) is 29.6 Å². The van der Waals surface area contributed by atoms with Gasteiger partial charge in [-0.05, 0) is 49.7 Å². The smallest absolute Gasteiger partial charge is 0.308 e. The van der Waals surface area contributed by atoms with Crippen molar-refractivity contribution in [3.05, 3.63) is 68.2 Å². The summed E-state index contributed by atoms with van der Waals surface area (Å²) in [5.74, 6) is -4.32. The molecule has 9 nitrogen and oxygen atoms in total. The quantitative estimate of drug-likeness (QED) is 0.375. The molecule has 3 aliphatic heterocycles. The molecule has 1 amide bonds. The number of carboxylic acids is 1. The molecule has 1 unspecified atom stereocenters. The predicted molar refractivity (Wildman–Crippen MR) is 116 cm³/mol. The van der Waals surface area contributed by atoms with Crippen molar-refractivity contribution in [3.63, 3.8) is 0 Å². The van der Waals surface area contributed by atoms with Crippen LogP contribution in [0.25, 0.3) is 0 Å². The summed E-state index contributed by atoms with van der Waals surface area (Å²) in [6.07, 6.45) is 1.30. The first-order chi connectivity index (χ1) is 15.3. The molecular weight excluding hydrogens is 482 g/mol. The van der Waals surface area contributed by atoms with E-state index in [1.54, 1.807) is 18.2 Å². The molecule has 4 atom stereocenters. The fourth-order valence-electron chi connectivity index (χ4n) is 5.73. The average Bonchev–Trinajstić information content (AvgIpc) is 3.41. The fourth-order valence-corrected chi connectivity index (χ4v) is 6.09. The second kappa shape index (κ2) is 7.21. The van der Waals surface area contributed by atoms with Crippen molar-refractivity contribution in [2.24, 2.45) is 11.8 Å². The number of anilines is 1. The van der Waals surface area contributed by atoms with Crippen molar-refractivity contribution in [1.29, 1.82) is 0 Å². The van der Waals surface area contributed by atoms with Gasteiger partial charge in [0.1, 0.15) is 5.54 Å². The molecule has 1 spiro atoms. The summed E-state index contributed by atoms with van der Waals surface area (Å²) >= 11 is 3.43. The van der Waals surface area contributed by atoms with Gasteiger partial charge in [0.15, 0.2) is 5.78 Å². The Morgan fingerprint density at radius 1 is 1.22 bits per heavy atom. The number of nitrogens with zero attached hydrogens (tertiary/aromatic N) is 2. The zero-order chi connectivity index (χ0) is 22.8. The standard InChI is InChI=1S/C22H18BrN3O6/c23-12-5-8-15-14(10-12)22(21(30)24-15)18(17(20(28)29)16-2-1-9-25(16)22)19(27)11-3-6-13(7-4-11)26(31)32/h3-8,10,16-18H,1-2,9H2,(H,24,30)(H,28,29)/t16?,17-,18-,22+/m0/s1. The molecule has 32 heavy (non-hydrogen) atoms. The van der Waals surface area contributed by atoms with Crippen LogP contribution in [0.3, 0.4) is 0 Å². The number of amides is 1. The second-order valence-corrected chi connectivity index (χ2v) is 9.24. The number of hydrogen-bond acceptors (Lipinski definition) is 6. The summed E-state index contributed by atoms with van der Waals surface area (Å²) in [4.78, 5) is 52.2. The van der Waals surface area contributed by atoms with E-state index in [2.05, 4.69) is 21.2 Å². The van der Waals surface area contributed by atoms with Gasteiger partial charge in [0, 0.05) is 39.5 Å². The number of carbonyl (C=O) groups is 3. The highest BCUT2D eigenvalue weighted by molar-refractivity contribution is 9.10. The summed E-state index contributed by atoms with van der Waals surface area (Å²) in [5.41, 5.74) is -0.360. The van der Waals surface area contributed by atoms with Gasteiger partial charge in [0.25, 0.3) is 5.69 Å². The van der Waals surface area contributed by atoms with Gasteiger partial charge in [-0.3, -0.25) is 29.4 Å². The molecule has 2 aromatic rings. The zero-order valence-corrected chi connectivity index (χ0v) is 18.2. The lowest BCUT2D eigenvalue weighted by atomic mass is 9.70. The molecule has 3 heterocycles. The first kappa shape index (κ1) is 20.8. The number of aliphatic carboxylic acids is 1. The number of halogens is 1. The highest BCUT2D eigenvalue weighted by Gasteiger charge is 2.70. The largest absolute Gasteiger partial charge is 0.481 e. The number of nitro groups is 1. The van der Waals surface area contributed by atoms with E-state index in [4.69, 9.17) is 0 Å². The van der Waals surface area contributed by atoms with Gasteiger partial charge in [-0.25, -0.2) is 0 Å². The third-order valence-corrected chi connectivity index (χ3v) is 7.39. The molecule has 0 saturated carbocycles. The van der Waals surface area contributed by atoms with Crippen molar-refractivity contribution in [2.45, 2.75) is 24.4 Å². The van der Waals surface area contributed by atoms with Gasteiger partial charge in [0.05, 0.1) is 16.8 Å². The molecule has 0 aliphatic carbocycles. The third kappa shape index (κ3) is 2.69. The zero-order valence-electron chi connectivity index (χ0n) is 16.7. The van der Waals surface area contributed by atoms with Crippen LogP contribution in [0.1, 0.15) is 28.8 Å². The SMILES string of the molecule is O=C(c1ccc([N+](=O)[O-])cc1)[C@@H]1[C@@H](C(=O)O)C2CCCN2[C@@]12C(=O)Nc1ccc(Br)cc12. The van der Waals surface area contributed by atoms with Crippen molar-refractivity contribution < 1.29 is 24.4 Å². The number of carbonyl (C=O) groups excluding carboxylic acids is 2. The molecular formula is C22H18BrN3O6. The number of carboxylic acid groups (broad SMARTS) is 1. The van der Waals surface area contributed by atoms with Gasteiger partial charge in [-0.2, -0.15) is 0 Å². The maximum atomic E-state index is 13.8. The Morgan fingerprint density at radius 3 is 2.59 bits per heavy atom. The van der Waals surface area contributed by atoms with Gasteiger partial charge < -0.3 is 10.4 Å². The first-order valence-electron chi connectivity index (χ1n) is 10.2. The Balaban J connectivity index is 1.72. The summed E-state index contributed by atoms with van der Waals surface area (Å²) in [5, 5.41) is 24.0. The number of benzene rings is 2. The van der Waals surface area contributed by atoms with Crippen molar-refractivity contribution in [1.82, 2.24) is 4.90 Å². The van der Waals surface area contributed by atoms with Crippen molar-refractivity contribution >= 4 is 45.0 Å². The van der Waals surface area contributed by atoms with E-state index in [0.717, 1.165) is 6.42 Å². The monoisotopic (exact) mass is 499 g/mol. The molecule has 0 aromatic heterocycles. The van der Waals surface area contributed by atoms with E-state index >= 15 is 0 Å². The summed E-state index contributed by atoms with van der Waals surface area (Å²) in [6.45, 7) is 0.498. The summed E-state index contributed by atoms with van der Waals surface area (Å²) in [6, 6.07) is 9.89. The molecule has 2 N–H and O–H groups in total. The number of rotatable bonds is 4. The maximum Gasteiger partial charge on any atom is 0.308 e. The van der Waals surface area contributed by atoms with Crippen LogP contribution in [-0.4, -0.2) is 45.2 Å². The molecule has 2 aromatic carbocycles. The van der Waals surface area contributed by atoms with Crippen LogP contribution >= 0.6 is 15.9 Å². The number of nitro benzene ring substituents is 1. The number of hydrogen-bond donors (Lipinski definition) is 2. The average molecular weight is 500 g/mol. The molecule has 0 radical (unpaired) electrons. The lowest BCUT2D eigenvalue weighted by molar-refractivity contribution is -0.384. The maximum absolute atomic E-state index is 13.8. The number of ketones is 1. The fraction of sp³-hybridized carbons (Fsp3) is 0.318. The van der Waals surface area contributed by atoms with E-state index in [1.165, 1.54) is 24.3 Å².